The van der Waals surface area contributed by atoms with Crippen LogP contribution in [0.4, 0.5) is 5.69 Å². The van der Waals surface area contributed by atoms with E-state index in [0.717, 1.165) is 18.1 Å². The summed E-state index contributed by atoms with van der Waals surface area (Å²) in [6.07, 6.45) is 2.07. The van der Waals surface area contributed by atoms with Gasteiger partial charge in [0.05, 0.1) is 5.69 Å². The Morgan fingerprint density at radius 3 is 2.58 bits per heavy atom. The Kier molecular flexibility index (Phi) is 2.49. The Labute approximate surface area is 114 Å². The molecule has 1 aliphatic heterocycles. The van der Waals surface area contributed by atoms with E-state index in [1.54, 1.807) is 0 Å². The van der Waals surface area contributed by atoms with Gasteiger partial charge in [-0.1, -0.05) is 26.0 Å². The van der Waals surface area contributed by atoms with E-state index in [2.05, 4.69) is 66.8 Å². The number of nitrogens with zero attached hydrogens (tertiary/aromatic N) is 3. The van der Waals surface area contributed by atoms with Crippen LogP contribution in [0.5, 0.6) is 0 Å². The maximum Gasteiger partial charge on any atom is 0.140 e. The smallest absolute Gasteiger partial charge is 0.140 e. The molecule has 0 atom stereocenters. The average Bonchev–Trinajstić information content (AvgIpc) is 2.77. The number of hydrogen-bond donors (Lipinski definition) is 0. The molecule has 0 radical (unpaired) electrons. The maximum atomic E-state index is 4.61. The van der Waals surface area contributed by atoms with Crippen LogP contribution in [0.2, 0.25) is 0 Å². The normalized spacial score (nSPS) is 16.8. The van der Waals surface area contributed by atoms with Crippen molar-refractivity contribution in [2.75, 3.05) is 18.5 Å². The summed E-state index contributed by atoms with van der Waals surface area (Å²) in [5, 5.41) is 0. The predicted molar refractivity (Wildman–Crippen MR) is 79.7 cm³/mol. The van der Waals surface area contributed by atoms with E-state index in [9.17, 15) is 0 Å². The molecular weight excluding hydrogens is 234 g/mol. The third-order valence-electron chi connectivity index (χ3n) is 4.03. The van der Waals surface area contributed by atoms with Crippen LogP contribution in [0.1, 0.15) is 25.1 Å². The number of aromatic nitrogens is 2. The Morgan fingerprint density at radius 1 is 1.21 bits per heavy atom. The molecule has 0 saturated heterocycles. The van der Waals surface area contributed by atoms with Crippen LogP contribution in [-0.2, 0) is 12.5 Å². The molecule has 1 aliphatic rings. The lowest BCUT2D eigenvalue weighted by Gasteiger charge is -2.18. The van der Waals surface area contributed by atoms with E-state index in [0.29, 0.717) is 0 Å². The zero-order valence-electron chi connectivity index (χ0n) is 12.4. The van der Waals surface area contributed by atoms with Crippen LogP contribution in [0.25, 0.3) is 11.4 Å². The molecule has 0 aliphatic carbocycles. The molecule has 3 heteroatoms. The number of anilines is 1. The first-order valence-electron chi connectivity index (χ1n) is 6.74. The van der Waals surface area contributed by atoms with Gasteiger partial charge in [0.1, 0.15) is 5.82 Å². The number of imidazole rings is 1. The molecule has 0 bridgehead atoms. The van der Waals surface area contributed by atoms with Gasteiger partial charge < -0.3 is 9.47 Å². The van der Waals surface area contributed by atoms with Crippen molar-refractivity contribution in [1.29, 1.82) is 0 Å². The highest BCUT2D eigenvalue weighted by molar-refractivity contribution is 5.70. The molecule has 0 amide bonds. The van der Waals surface area contributed by atoms with E-state index in [1.807, 2.05) is 6.92 Å². The van der Waals surface area contributed by atoms with Crippen molar-refractivity contribution in [1.82, 2.24) is 9.55 Å². The van der Waals surface area contributed by atoms with E-state index in [1.165, 1.54) is 16.8 Å². The second-order valence-corrected chi connectivity index (χ2v) is 6.29. The van der Waals surface area contributed by atoms with Gasteiger partial charge in [0.15, 0.2) is 0 Å². The fourth-order valence-electron chi connectivity index (χ4n) is 3.21. The summed E-state index contributed by atoms with van der Waals surface area (Å²) in [5.41, 5.74) is 5.26. The van der Waals surface area contributed by atoms with E-state index < -0.39 is 0 Å². The summed E-state index contributed by atoms with van der Waals surface area (Å²) >= 11 is 0. The summed E-state index contributed by atoms with van der Waals surface area (Å²) in [6, 6.07) is 6.73. The molecule has 2 heterocycles. The number of aryl methyl sites for hydroxylation is 2. The van der Waals surface area contributed by atoms with Gasteiger partial charge in [-0.05, 0) is 18.6 Å². The minimum atomic E-state index is 0.236. The molecule has 1 aromatic heterocycles. The largest absolute Gasteiger partial charge is 0.373 e. The zero-order valence-corrected chi connectivity index (χ0v) is 12.4. The molecule has 1 aromatic carbocycles. The first kappa shape index (κ1) is 12.3. The van der Waals surface area contributed by atoms with Gasteiger partial charge in [-0.25, -0.2) is 4.98 Å². The van der Waals surface area contributed by atoms with Crippen molar-refractivity contribution < 1.29 is 0 Å². The highest BCUT2D eigenvalue weighted by atomic mass is 15.1. The topological polar surface area (TPSA) is 21.1 Å². The Morgan fingerprint density at radius 2 is 1.95 bits per heavy atom. The van der Waals surface area contributed by atoms with E-state index in [4.69, 9.17) is 0 Å². The first-order valence-corrected chi connectivity index (χ1v) is 6.74. The van der Waals surface area contributed by atoms with Crippen molar-refractivity contribution in [3.05, 3.63) is 35.7 Å². The van der Waals surface area contributed by atoms with E-state index >= 15 is 0 Å². The molecule has 0 spiro atoms. The van der Waals surface area contributed by atoms with Crippen LogP contribution < -0.4 is 4.90 Å². The molecule has 3 nitrogen and oxygen atoms in total. The lowest BCUT2D eigenvalue weighted by molar-refractivity contribution is 0.563. The number of hydrogen-bond acceptors (Lipinski definition) is 2. The first-order chi connectivity index (χ1) is 8.88. The van der Waals surface area contributed by atoms with Crippen molar-refractivity contribution >= 4 is 5.69 Å². The van der Waals surface area contributed by atoms with Gasteiger partial charge in [-0.3, -0.25) is 0 Å². The monoisotopic (exact) mass is 255 g/mol. The average molecular weight is 255 g/mol. The molecule has 0 fully saturated rings. The molecule has 100 valence electrons. The number of fused-ring (bicyclic) bond motifs is 1. The molecule has 19 heavy (non-hydrogen) atoms. The summed E-state index contributed by atoms with van der Waals surface area (Å²) < 4.78 is 2.09. The Balaban J connectivity index is 2.13. The lowest BCUT2D eigenvalue weighted by Crippen LogP contribution is -2.24. The van der Waals surface area contributed by atoms with Crippen LogP contribution in [0.3, 0.4) is 0 Å². The van der Waals surface area contributed by atoms with Crippen LogP contribution in [0.15, 0.2) is 24.4 Å². The van der Waals surface area contributed by atoms with Gasteiger partial charge in [-0.2, -0.15) is 0 Å². The summed E-state index contributed by atoms with van der Waals surface area (Å²) in [4.78, 5) is 6.95. The fraction of sp³-hybridized carbons (Fsp3) is 0.438. The zero-order chi connectivity index (χ0) is 13.8. The maximum absolute atomic E-state index is 4.61. The quantitative estimate of drug-likeness (QED) is 0.780. The fourth-order valence-corrected chi connectivity index (χ4v) is 3.21. The number of benzene rings is 1. The molecule has 0 N–H and O–H groups in total. The van der Waals surface area contributed by atoms with Crippen LogP contribution in [0, 0.1) is 6.92 Å². The standard InChI is InChI=1S/C16H21N3/c1-11-9-18(4)15(17-11)12-6-7-13-14(8-12)19(5)10-16(13,2)3/h6-9H,10H2,1-5H3. The third-order valence-corrected chi connectivity index (χ3v) is 4.03. The predicted octanol–water partition coefficient (Wildman–Crippen LogP) is 3.12. The minimum Gasteiger partial charge on any atom is -0.373 e. The molecule has 0 unspecified atom stereocenters. The summed E-state index contributed by atoms with van der Waals surface area (Å²) in [5.74, 6) is 1.04. The van der Waals surface area contributed by atoms with Crippen molar-refractivity contribution in [2.45, 2.75) is 26.2 Å². The third kappa shape index (κ3) is 1.84. The minimum absolute atomic E-state index is 0.236. The SMILES string of the molecule is Cc1cn(C)c(-c2ccc3c(c2)N(C)CC3(C)C)n1. The summed E-state index contributed by atoms with van der Waals surface area (Å²) in [7, 11) is 4.22. The van der Waals surface area contributed by atoms with E-state index in [-0.39, 0.29) is 5.41 Å². The Bertz CT molecular complexity index is 637. The summed E-state index contributed by atoms with van der Waals surface area (Å²) in [6.45, 7) is 7.72. The van der Waals surface area contributed by atoms with Gasteiger partial charge in [0, 0.05) is 43.5 Å². The van der Waals surface area contributed by atoms with Gasteiger partial charge in [0.2, 0.25) is 0 Å². The van der Waals surface area contributed by atoms with Crippen LogP contribution >= 0.6 is 0 Å². The Hall–Kier alpha value is -1.77. The highest BCUT2D eigenvalue weighted by Gasteiger charge is 2.33. The lowest BCUT2D eigenvalue weighted by atomic mass is 9.86. The van der Waals surface area contributed by atoms with Crippen molar-refractivity contribution in [3.8, 4) is 11.4 Å². The van der Waals surface area contributed by atoms with Gasteiger partial charge in [-0.15, -0.1) is 0 Å². The second-order valence-electron chi connectivity index (χ2n) is 6.29. The second kappa shape index (κ2) is 3.86. The van der Waals surface area contributed by atoms with Crippen molar-refractivity contribution in [2.24, 2.45) is 7.05 Å². The van der Waals surface area contributed by atoms with Gasteiger partial charge >= 0.3 is 0 Å². The number of likely N-dealkylation sites (N-methyl/N-ethyl adjacent to an activating group) is 1. The molecule has 0 saturated carbocycles. The van der Waals surface area contributed by atoms with Gasteiger partial charge in [0.25, 0.3) is 0 Å². The van der Waals surface area contributed by atoms with Crippen LogP contribution in [-0.4, -0.2) is 23.1 Å². The molecule has 2 aromatic rings. The highest BCUT2D eigenvalue weighted by Crippen LogP contribution is 2.41. The molecule has 3 rings (SSSR count). The number of rotatable bonds is 1. The molecular formula is C16H21N3. The van der Waals surface area contributed by atoms with Crippen molar-refractivity contribution in [3.63, 3.8) is 0 Å².